The molecular weight excluding hydrogens is 439 g/mol. The van der Waals surface area contributed by atoms with Crippen LogP contribution in [0.4, 0.5) is 5.69 Å². The number of halogens is 1. The Kier molecular flexibility index (Phi) is 9.71. The lowest BCUT2D eigenvalue weighted by Crippen LogP contribution is -2.40. The quantitative estimate of drug-likeness (QED) is 0.356. The fraction of sp³-hybridized carbons (Fsp3) is 0.650. The van der Waals surface area contributed by atoms with Crippen LogP contribution in [0.1, 0.15) is 32.1 Å². The van der Waals surface area contributed by atoms with Crippen LogP contribution in [0.3, 0.4) is 0 Å². The normalized spacial score (nSPS) is 17.9. The summed E-state index contributed by atoms with van der Waals surface area (Å²) in [5.41, 5.74) is 1.12. The van der Waals surface area contributed by atoms with E-state index in [1.54, 1.807) is 7.11 Å². The zero-order valence-corrected chi connectivity index (χ0v) is 18.2. The molecule has 0 bridgehead atoms. The van der Waals surface area contributed by atoms with E-state index < -0.39 is 0 Å². The molecule has 0 radical (unpaired) electrons. The molecule has 6 heteroatoms. The van der Waals surface area contributed by atoms with Gasteiger partial charge in [0.15, 0.2) is 5.96 Å². The number of benzene rings is 1. The van der Waals surface area contributed by atoms with Crippen molar-refractivity contribution in [2.24, 2.45) is 4.99 Å². The molecular formula is C20H33IN4O. The van der Waals surface area contributed by atoms with E-state index in [1.165, 1.54) is 32.1 Å². The maximum atomic E-state index is 5.25. The van der Waals surface area contributed by atoms with Crippen molar-refractivity contribution in [3.05, 3.63) is 30.3 Å². The van der Waals surface area contributed by atoms with Crippen LogP contribution < -0.4 is 5.32 Å². The number of aliphatic imine (C=N–C) groups is 1. The first-order chi connectivity index (χ1) is 12.4. The van der Waals surface area contributed by atoms with Gasteiger partial charge < -0.3 is 15.0 Å². The highest BCUT2D eigenvalue weighted by molar-refractivity contribution is 14.0. The van der Waals surface area contributed by atoms with E-state index in [1.807, 2.05) is 6.07 Å². The first kappa shape index (κ1) is 21.4. The summed E-state index contributed by atoms with van der Waals surface area (Å²) in [7, 11) is 1.78. The molecule has 2 aliphatic rings. The largest absolute Gasteiger partial charge is 0.383 e. The van der Waals surface area contributed by atoms with Crippen molar-refractivity contribution in [3.63, 3.8) is 0 Å². The summed E-state index contributed by atoms with van der Waals surface area (Å²) in [6.07, 6.45) is 6.51. The number of methoxy groups -OCH3 is 1. The molecule has 1 aromatic rings. The van der Waals surface area contributed by atoms with Gasteiger partial charge in [0.2, 0.25) is 0 Å². The average Bonchev–Trinajstić information content (AvgIpc) is 3.50. The highest BCUT2D eigenvalue weighted by Gasteiger charge is 2.28. The third-order valence-electron chi connectivity index (χ3n) is 4.98. The predicted octanol–water partition coefficient (Wildman–Crippen LogP) is 3.67. The Hall–Kier alpha value is -0.860. The Bertz CT molecular complexity index is 530. The Morgan fingerprint density at radius 2 is 1.88 bits per heavy atom. The average molecular weight is 472 g/mol. The number of nitrogens with one attached hydrogen (secondary N) is 1. The molecule has 1 aliphatic heterocycles. The minimum atomic E-state index is 0. The molecule has 0 amide bonds. The SMILES string of the molecule is COCCN(CCN=C(Nc1ccccc1)N1CCCCC1)C1CC1.I. The van der Waals surface area contributed by atoms with Gasteiger partial charge in [0, 0.05) is 45.0 Å². The van der Waals surface area contributed by atoms with Gasteiger partial charge in [0.1, 0.15) is 0 Å². The number of ether oxygens (including phenoxy) is 1. The van der Waals surface area contributed by atoms with Crippen LogP contribution in [0.2, 0.25) is 0 Å². The molecule has 0 unspecified atom stereocenters. The van der Waals surface area contributed by atoms with Crippen LogP contribution in [-0.2, 0) is 4.74 Å². The first-order valence-corrected chi connectivity index (χ1v) is 9.71. The zero-order valence-electron chi connectivity index (χ0n) is 15.9. The lowest BCUT2D eigenvalue weighted by molar-refractivity contribution is 0.145. The molecule has 1 heterocycles. The van der Waals surface area contributed by atoms with Gasteiger partial charge in [-0.05, 0) is 44.2 Å². The topological polar surface area (TPSA) is 40.1 Å². The minimum absolute atomic E-state index is 0. The number of para-hydroxylation sites is 1. The molecule has 0 aromatic heterocycles. The van der Waals surface area contributed by atoms with Crippen molar-refractivity contribution in [3.8, 4) is 0 Å². The summed E-state index contributed by atoms with van der Waals surface area (Å²) in [6, 6.07) is 11.1. The third-order valence-corrected chi connectivity index (χ3v) is 4.98. The molecule has 1 N–H and O–H groups in total. The maximum Gasteiger partial charge on any atom is 0.198 e. The standard InChI is InChI=1S/C20H32N4O.HI/c1-25-17-16-23(19-10-11-19)15-12-21-20(24-13-6-3-7-14-24)22-18-8-4-2-5-9-18;/h2,4-5,8-9,19H,3,6-7,10-17H2,1H3,(H,21,22);1H. The lowest BCUT2D eigenvalue weighted by Gasteiger charge is -2.30. The van der Waals surface area contributed by atoms with Gasteiger partial charge in [-0.15, -0.1) is 24.0 Å². The summed E-state index contributed by atoms with van der Waals surface area (Å²) in [4.78, 5) is 9.89. The van der Waals surface area contributed by atoms with Crippen molar-refractivity contribution >= 4 is 35.6 Å². The van der Waals surface area contributed by atoms with Crippen LogP contribution in [0.5, 0.6) is 0 Å². The number of anilines is 1. The summed E-state index contributed by atoms with van der Waals surface area (Å²) in [6.45, 7) is 5.89. The summed E-state index contributed by atoms with van der Waals surface area (Å²) < 4.78 is 5.25. The number of nitrogens with zero attached hydrogens (tertiary/aromatic N) is 3. The van der Waals surface area contributed by atoms with E-state index in [-0.39, 0.29) is 24.0 Å². The molecule has 3 rings (SSSR count). The number of hydrogen-bond acceptors (Lipinski definition) is 3. The molecule has 0 spiro atoms. The van der Waals surface area contributed by atoms with E-state index in [4.69, 9.17) is 9.73 Å². The third kappa shape index (κ3) is 7.04. The molecule has 1 aliphatic carbocycles. The summed E-state index contributed by atoms with van der Waals surface area (Å²) in [5, 5.41) is 3.54. The van der Waals surface area contributed by atoms with Crippen LogP contribution in [0.25, 0.3) is 0 Å². The second kappa shape index (κ2) is 11.8. The second-order valence-electron chi connectivity index (χ2n) is 7.00. The zero-order chi connectivity index (χ0) is 17.3. The Labute approximate surface area is 175 Å². The number of likely N-dealkylation sites (tertiary alicyclic amines) is 1. The fourth-order valence-corrected chi connectivity index (χ4v) is 3.38. The summed E-state index contributed by atoms with van der Waals surface area (Å²) >= 11 is 0. The highest BCUT2D eigenvalue weighted by Crippen LogP contribution is 2.26. The molecule has 1 aromatic carbocycles. The van der Waals surface area contributed by atoms with Crippen molar-refractivity contribution in [1.82, 2.24) is 9.80 Å². The van der Waals surface area contributed by atoms with E-state index in [0.717, 1.165) is 57.0 Å². The number of guanidine groups is 1. The first-order valence-electron chi connectivity index (χ1n) is 9.71. The van der Waals surface area contributed by atoms with E-state index in [0.29, 0.717) is 0 Å². The number of rotatable bonds is 8. The van der Waals surface area contributed by atoms with Crippen molar-refractivity contribution in [1.29, 1.82) is 0 Å². The molecule has 1 saturated heterocycles. The smallest absolute Gasteiger partial charge is 0.198 e. The van der Waals surface area contributed by atoms with Gasteiger partial charge in [-0.3, -0.25) is 9.89 Å². The minimum Gasteiger partial charge on any atom is -0.383 e. The van der Waals surface area contributed by atoms with Gasteiger partial charge in [-0.2, -0.15) is 0 Å². The Balaban J connectivity index is 0.00000243. The molecule has 5 nitrogen and oxygen atoms in total. The predicted molar refractivity (Wildman–Crippen MR) is 120 cm³/mol. The number of hydrogen-bond donors (Lipinski definition) is 1. The van der Waals surface area contributed by atoms with Crippen molar-refractivity contribution in [2.45, 2.75) is 38.1 Å². The highest BCUT2D eigenvalue weighted by atomic mass is 127. The summed E-state index contributed by atoms with van der Waals surface area (Å²) in [5.74, 6) is 1.04. The maximum absolute atomic E-state index is 5.25. The second-order valence-corrected chi connectivity index (χ2v) is 7.00. The Morgan fingerprint density at radius 1 is 1.15 bits per heavy atom. The van der Waals surface area contributed by atoms with Crippen LogP contribution >= 0.6 is 24.0 Å². The van der Waals surface area contributed by atoms with E-state index in [2.05, 4.69) is 39.4 Å². The van der Waals surface area contributed by atoms with Gasteiger partial charge in [-0.25, -0.2) is 0 Å². The molecule has 2 fully saturated rings. The molecule has 0 atom stereocenters. The van der Waals surface area contributed by atoms with Gasteiger partial charge in [-0.1, -0.05) is 18.2 Å². The van der Waals surface area contributed by atoms with Gasteiger partial charge >= 0.3 is 0 Å². The van der Waals surface area contributed by atoms with Crippen LogP contribution in [-0.4, -0.2) is 68.2 Å². The molecule has 146 valence electrons. The van der Waals surface area contributed by atoms with E-state index in [9.17, 15) is 0 Å². The fourth-order valence-electron chi connectivity index (χ4n) is 3.38. The van der Waals surface area contributed by atoms with Crippen LogP contribution in [0, 0.1) is 0 Å². The monoisotopic (exact) mass is 472 g/mol. The number of piperidine rings is 1. The van der Waals surface area contributed by atoms with Crippen molar-refractivity contribution in [2.75, 3.05) is 51.8 Å². The van der Waals surface area contributed by atoms with Gasteiger partial charge in [0.05, 0.1) is 13.2 Å². The van der Waals surface area contributed by atoms with Crippen molar-refractivity contribution < 1.29 is 4.74 Å². The molecule has 1 saturated carbocycles. The molecule has 26 heavy (non-hydrogen) atoms. The lowest BCUT2D eigenvalue weighted by atomic mass is 10.1. The van der Waals surface area contributed by atoms with Gasteiger partial charge in [0.25, 0.3) is 0 Å². The van der Waals surface area contributed by atoms with Crippen LogP contribution in [0.15, 0.2) is 35.3 Å². The van der Waals surface area contributed by atoms with E-state index >= 15 is 0 Å². The Morgan fingerprint density at radius 3 is 2.54 bits per heavy atom.